The zero-order chi connectivity index (χ0) is 18.9. The predicted molar refractivity (Wildman–Crippen MR) is 94.7 cm³/mol. The van der Waals surface area contributed by atoms with Crippen LogP contribution in [0.15, 0.2) is 35.4 Å². The summed E-state index contributed by atoms with van der Waals surface area (Å²) >= 11 is 0. The van der Waals surface area contributed by atoms with Gasteiger partial charge in [-0.3, -0.25) is 4.79 Å². The van der Waals surface area contributed by atoms with E-state index in [1.54, 1.807) is 0 Å². The van der Waals surface area contributed by atoms with E-state index in [4.69, 9.17) is 11.0 Å². The van der Waals surface area contributed by atoms with E-state index in [0.29, 0.717) is 6.54 Å². The monoisotopic (exact) mass is 373 g/mol. The maximum atomic E-state index is 12.8. The van der Waals surface area contributed by atoms with Crippen molar-refractivity contribution in [3.8, 4) is 6.07 Å². The Kier molecular flexibility index (Phi) is 4.80. The van der Waals surface area contributed by atoms with Crippen molar-refractivity contribution < 1.29 is 13.2 Å². The molecule has 1 atom stereocenters. The number of aromatic nitrogens is 2. The minimum Gasteiger partial charge on any atom is -0.382 e. The Morgan fingerprint density at radius 2 is 2.00 bits per heavy atom. The number of benzene rings is 1. The first-order valence-electron chi connectivity index (χ1n) is 8.26. The second-order valence-electron chi connectivity index (χ2n) is 6.26. The van der Waals surface area contributed by atoms with Gasteiger partial charge in [0, 0.05) is 18.2 Å². The zero-order valence-electron chi connectivity index (χ0n) is 14.3. The van der Waals surface area contributed by atoms with Crippen LogP contribution in [0.1, 0.15) is 42.1 Å². The smallest absolute Gasteiger partial charge is 0.280 e. The summed E-state index contributed by atoms with van der Waals surface area (Å²) < 4.78 is 28.1. The summed E-state index contributed by atoms with van der Waals surface area (Å²) in [6.07, 6.45) is 3.93. The van der Waals surface area contributed by atoms with E-state index in [1.807, 2.05) is 13.0 Å². The summed E-state index contributed by atoms with van der Waals surface area (Å²) in [7, 11) is -3.59. The van der Waals surface area contributed by atoms with E-state index >= 15 is 0 Å². The van der Waals surface area contributed by atoms with Crippen LogP contribution in [0.25, 0.3) is 0 Å². The quantitative estimate of drug-likeness (QED) is 0.872. The highest BCUT2D eigenvalue weighted by Crippen LogP contribution is 2.25. The first-order valence-corrected chi connectivity index (χ1v) is 9.70. The highest BCUT2D eigenvalue weighted by molar-refractivity contribution is 7.89. The molecule has 9 heteroatoms. The number of anilines is 1. The molecule has 8 nitrogen and oxygen atoms in total. The molecule has 2 N–H and O–H groups in total. The first kappa shape index (κ1) is 18.1. The van der Waals surface area contributed by atoms with Crippen LogP contribution < -0.4 is 5.73 Å². The Morgan fingerprint density at radius 1 is 1.31 bits per heavy atom. The van der Waals surface area contributed by atoms with Crippen molar-refractivity contribution in [2.24, 2.45) is 0 Å². The number of nitrogens with zero attached hydrogens (tertiary/aromatic N) is 4. The molecule has 1 aromatic carbocycles. The number of piperidine rings is 1. The molecule has 1 unspecified atom stereocenters. The molecule has 0 spiro atoms. The third-order valence-electron chi connectivity index (χ3n) is 4.57. The van der Waals surface area contributed by atoms with Gasteiger partial charge in [-0.2, -0.15) is 19.3 Å². The molecule has 0 radical (unpaired) electrons. The van der Waals surface area contributed by atoms with Gasteiger partial charge in [0.1, 0.15) is 17.5 Å². The lowest BCUT2D eigenvalue weighted by Gasteiger charge is -2.32. The predicted octanol–water partition coefficient (Wildman–Crippen LogP) is 1.59. The van der Waals surface area contributed by atoms with Crippen LogP contribution in [0.5, 0.6) is 0 Å². The Morgan fingerprint density at radius 3 is 2.58 bits per heavy atom. The molecule has 1 fully saturated rings. The van der Waals surface area contributed by atoms with Crippen LogP contribution in [0, 0.1) is 11.3 Å². The van der Waals surface area contributed by atoms with Gasteiger partial charge in [-0.25, -0.2) is 8.42 Å². The van der Waals surface area contributed by atoms with Crippen LogP contribution in [-0.2, 0) is 10.0 Å². The number of carbonyl (C=O) groups is 1. The summed E-state index contributed by atoms with van der Waals surface area (Å²) in [4.78, 5) is 12.6. The van der Waals surface area contributed by atoms with Gasteiger partial charge in [-0.15, -0.1) is 0 Å². The third-order valence-corrected chi connectivity index (χ3v) is 6.60. The Balaban J connectivity index is 1.87. The molecule has 0 saturated carbocycles. The molecule has 2 heterocycles. The van der Waals surface area contributed by atoms with E-state index in [0.717, 1.165) is 23.9 Å². The van der Waals surface area contributed by atoms with Gasteiger partial charge >= 0.3 is 0 Å². The van der Waals surface area contributed by atoms with E-state index in [9.17, 15) is 13.2 Å². The average Bonchev–Trinajstić information content (AvgIpc) is 3.02. The topological polar surface area (TPSA) is 122 Å². The molecule has 1 saturated heterocycles. The number of hydrogen-bond donors (Lipinski definition) is 1. The molecule has 1 aliphatic rings. The maximum absolute atomic E-state index is 12.8. The normalized spacial score (nSPS) is 18.4. The lowest BCUT2D eigenvalue weighted by atomic mass is 10.1. The van der Waals surface area contributed by atoms with Crippen LogP contribution >= 0.6 is 0 Å². The third kappa shape index (κ3) is 3.09. The minimum absolute atomic E-state index is 0.0386. The van der Waals surface area contributed by atoms with Crippen LogP contribution in [0.3, 0.4) is 0 Å². The van der Waals surface area contributed by atoms with Crippen molar-refractivity contribution in [2.75, 3.05) is 12.3 Å². The van der Waals surface area contributed by atoms with Crippen molar-refractivity contribution in [1.82, 2.24) is 14.1 Å². The summed E-state index contributed by atoms with van der Waals surface area (Å²) in [5.41, 5.74) is 6.06. The van der Waals surface area contributed by atoms with Crippen molar-refractivity contribution in [3.05, 3.63) is 41.6 Å². The standard InChI is InChI=1S/C17H19N5O3S/c1-12-4-2-3-9-21(12)26(24,25)15-7-5-13(6-8-15)17(23)22-16(19)14(10-18)11-20-22/h5-8,11-12H,2-4,9,19H2,1H3. The van der Waals surface area contributed by atoms with Crippen molar-refractivity contribution in [3.63, 3.8) is 0 Å². The van der Waals surface area contributed by atoms with Crippen LogP contribution in [0.4, 0.5) is 5.82 Å². The zero-order valence-corrected chi connectivity index (χ0v) is 15.1. The first-order chi connectivity index (χ1) is 12.4. The summed E-state index contributed by atoms with van der Waals surface area (Å²) in [5, 5.41) is 12.7. The average molecular weight is 373 g/mol. The highest BCUT2D eigenvalue weighted by atomic mass is 32.2. The molecular weight excluding hydrogens is 354 g/mol. The van der Waals surface area contributed by atoms with Crippen LogP contribution in [0.2, 0.25) is 0 Å². The molecule has 1 aromatic heterocycles. The van der Waals surface area contributed by atoms with Gasteiger partial charge in [-0.05, 0) is 44.0 Å². The number of carbonyl (C=O) groups excluding carboxylic acids is 1. The second kappa shape index (κ2) is 6.90. The Bertz CT molecular complexity index is 973. The molecule has 1 aliphatic heterocycles. The van der Waals surface area contributed by atoms with Crippen molar-refractivity contribution in [1.29, 1.82) is 5.26 Å². The summed E-state index contributed by atoms with van der Waals surface area (Å²) in [5.74, 6) is -0.573. The number of hydrogen-bond acceptors (Lipinski definition) is 6. The number of nitriles is 1. The van der Waals surface area contributed by atoms with Gasteiger partial charge in [-0.1, -0.05) is 6.42 Å². The van der Waals surface area contributed by atoms with E-state index in [1.165, 1.54) is 34.8 Å². The summed E-state index contributed by atoms with van der Waals surface area (Å²) in [6, 6.07) is 7.49. The Labute approximate surface area is 151 Å². The molecular formula is C17H19N5O3S. The number of rotatable bonds is 3. The largest absolute Gasteiger partial charge is 0.382 e. The van der Waals surface area contributed by atoms with Gasteiger partial charge in [0.2, 0.25) is 10.0 Å². The van der Waals surface area contributed by atoms with Crippen molar-refractivity contribution >= 4 is 21.7 Å². The van der Waals surface area contributed by atoms with Crippen molar-refractivity contribution in [2.45, 2.75) is 37.1 Å². The van der Waals surface area contributed by atoms with E-state index < -0.39 is 15.9 Å². The van der Waals surface area contributed by atoms with Crippen LogP contribution in [-0.4, -0.2) is 41.0 Å². The number of nitrogen functional groups attached to an aromatic ring is 1. The lowest BCUT2D eigenvalue weighted by molar-refractivity contribution is 0.0948. The van der Waals surface area contributed by atoms with E-state index in [2.05, 4.69) is 5.10 Å². The second-order valence-corrected chi connectivity index (χ2v) is 8.15. The molecule has 0 bridgehead atoms. The maximum Gasteiger partial charge on any atom is 0.280 e. The van der Waals surface area contributed by atoms with E-state index in [-0.39, 0.29) is 27.9 Å². The van der Waals surface area contributed by atoms with Gasteiger partial charge in [0.15, 0.2) is 0 Å². The highest BCUT2D eigenvalue weighted by Gasteiger charge is 2.31. The lowest BCUT2D eigenvalue weighted by Crippen LogP contribution is -2.41. The number of sulfonamides is 1. The molecule has 0 amide bonds. The molecule has 136 valence electrons. The van der Waals surface area contributed by atoms with Gasteiger partial charge in [0.05, 0.1) is 11.1 Å². The minimum atomic E-state index is -3.59. The SMILES string of the molecule is CC1CCCCN1S(=O)(=O)c1ccc(C(=O)n2ncc(C#N)c2N)cc1. The molecule has 26 heavy (non-hydrogen) atoms. The fourth-order valence-electron chi connectivity index (χ4n) is 3.06. The fraction of sp³-hybridized carbons (Fsp3) is 0.353. The van der Waals surface area contributed by atoms with Gasteiger partial charge in [0.25, 0.3) is 5.91 Å². The molecule has 0 aliphatic carbocycles. The molecule has 2 aromatic rings. The molecule has 3 rings (SSSR count). The number of nitrogens with two attached hydrogens (primary N) is 1. The summed E-state index contributed by atoms with van der Waals surface area (Å²) in [6.45, 7) is 2.41. The Hall–Kier alpha value is -2.70. The van der Waals surface area contributed by atoms with Gasteiger partial charge < -0.3 is 5.73 Å². The fourth-order valence-corrected chi connectivity index (χ4v) is 4.76.